The Morgan fingerprint density at radius 3 is 2.62 bits per heavy atom. The number of nitrogens with zero attached hydrogens (tertiary/aromatic N) is 2. The number of thiazole rings is 1. The van der Waals surface area contributed by atoms with E-state index < -0.39 is 17.8 Å². The number of hydrogen-bond donors (Lipinski definition) is 0. The maximum atomic E-state index is 14.2. The topological polar surface area (TPSA) is 60.7 Å². The SMILES string of the molecule is CCOC(=O)C1=C(C)N=c2s/c(=C\c3ccccc3F)c(=O)n2C1/C=C/c1ccccc1. The van der Waals surface area contributed by atoms with Crippen molar-refractivity contribution in [2.75, 3.05) is 6.61 Å². The number of rotatable bonds is 5. The van der Waals surface area contributed by atoms with Gasteiger partial charge in [0.15, 0.2) is 4.80 Å². The van der Waals surface area contributed by atoms with E-state index in [0.717, 1.165) is 16.9 Å². The fourth-order valence-electron chi connectivity index (χ4n) is 3.52. The molecule has 1 unspecified atom stereocenters. The van der Waals surface area contributed by atoms with Gasteiger partial charge in [-0.15, -0.1) is 0 Å². The molecule has 0 bridgehead atoms. The third-order valence-electron chi connectivity index (χ3n) is 5.02. The number of halogens is 1. The summed E-state index contributed by atoms with van der Waals surface area (Å²) in [7, 11) is 0. The molecule has 0 radical (unpaired) electrons. The molecular formula is C25H21FN2O3S. The van der Waals surface area contributed by atoms with Crippen LogP contribution in [0.15, 0.2) is 81.7 Å². The van der Waals surface area contributed by atoms with Crippen LogP contribution in [-0.4, -0.2) is 17.1 Å². The summed E-state index contributed by atoms with van der Waals surface area (Å²) in [6, 6.07) is 15.2. The quantitative estimate of drug-likeness (QED) is 0.561. The molecule has 0 amide bonds. The van der Waals surface area contributed by atoms with Crippen LogP contribution in [0.2, 0.25) is 0 Å². The minimum Gasteiger partial charge on any atom is -0.463 e. The van der Waals surface area contributed by atoms with Crippen LogP contribution in [0.4, 0.5) is 4.39 Å². The van der Waals surface area contributed by atoms with Gasteiger partial charge in [-0.2, -0.15) is 0 Å². The largest absolute Gasteiger partial charge is 0.463 e. The van der Waals surface area contributed by atoms with Gasteiger partial charge in [0.1, 0.15) is 5.82 Å². The number of esters is 1. The van der Waals surface area contributed by atoms with E-state index in [0.29, 0.717) is 26.2 Å². The molecule has 0 fully saturated rings. The maximum Gasteiger partial charge on any atom is 0.338 e. The average Bonchev–Trinajstić information content (AvgIpc) is 3.09. The lowest BCUT2D eigenvalue weighted by molar-refractivity contribution is -0.139. The summed E-state index contributed by atoms with van der Waals surface area (Å²) in [5, 5.41) is 0. The highest BCUT2D eigenvalue weighted by Crippen LogP contribution is 2.26. The van der Waals surface area contributed by atoms with E-state index in [9.17, 15) is 14.0 Å². The number of benzene rings is 2. The first-order chi connectivity index (χ1) is 15.5. The summed E-state index contributed by atoms with van der Waals surface area (Å²) in [6.07, 6.45) is 5.17. The molecule has 1 aliphatic rings. The Hall–Kier alpha value is -3.58. The van der Waals surface area contributed by atoms with Gasteiger partial charge in [-0.1, -0.05) is 72.0 Å². The summed E-state index contributed by atoms with van der Waals surface area (Å²) in [5.41, 5.74) is 1.71. The van der Waals surface area contributed by atoms with Crippen molar-refractivity contribution >= 4 is 29.5 Å². The van der Waals surface area contributed by atoms with Gasteiger partial charge in [0.2, 0.25) is 0 Å². The molecular weight excluding hydrogens is 427 g/mol. The van der Waals surface area contributed by atoms with Crippen LogP contribution < -0.4 is 14.9 Å². The third-order valence-corrected chi connectivity index (χ3v) is 6.00. The van der Waals surface area contributed by atoms with E-state index in [1.165, 1.54) is 16.7 Å². The molecule has 2 aromatic carbocycles. The number of hydrogen-bond acceptors (Lipinski definition) is 5. The molecule has 1 atom stereocenters. The van der Waals surface area contributed by atoms with Gasteiger partial charge in [0, 0.05) is 5.56 Å². The van der Waals surface area contributed by atoms with E-state index in [1.54, 1.807) is 38.1 Å². The molecule has 5 nitrogen and oxygen atoms in total. The lowest BCUT2D eigenvalue weighted by Gasteiger charge is -2.21. The molecule has 4 rings (SSSR count). The summed E-state index contributed by atoms with van der Waals surface area (Å²) < 4.78 is 21.2. The minimum absolute atomic E-state index is 0.211. The Morgan fingerprint density at radius 2 is 1.91 bits per heavy atom. The van der Waals surface area contributed by atoms with Gasteiger partial charge in [-0.05, 0) is 31.6 Å². The molecule has 3 aromatic rings. The normalized spacial score (nSPS) is 16.2. The van der Waals surface area contributed by atoms with Gasteiger partial charge in [0.25, 0.3) is 5.56 Å². The molecule has 0 saturated heterocycles. The first kappa shape index (κ1) is 21.6. The van der Waals surface area contributed by atoms with E-state index in [2.05, 4.69) is 4.99 Å². The molecule has 162 valence electrons. The van der Waals surface area contributed by atoms with Crippen LogP contribution >= 0.6 is 11.3 Å². The first-order valence-electron chi connectivity index (χ1n) is 10.2. The number of carbonyl (C=O) groups is 1. The van der Waals surface area contributed by atoms with Gasteiger partial charge in [0.05, 0.1) is 28.5 Å². The summed E-state index contributed by atoms with van der Waals surface area (Å²) in [4.78, 5) is 31.0. The second-order valence-corrected chi connectivity index (χ2v) is 8.14. The Kier molecular flexibility index (Phi) is 6.28. The molecule has 0 spiro atoms. The van der Waals surface area contributed by atoms with Crippen LogP contribution in [0.3, 0.4) is 0 Å². The Morgan fingerprint density at radius 1 is 1.19 bits per heavy atom. The number of allylic oxidation sites excluding steroid dienone is 2. The first-order valence-corrected chi connectivity index (χ1v) is 11.0. The highest BCUT2D eigenvalue weighted by atomic mass is 32.1. The van der Waals surface area contributed by atoms with Crippen LogP contribution in [-0.2, 0) is 9.53 Å². The summed E-state index contributed by atoms with van der Waals surface area (Å²) in [6.45, 7) is 3.66. The van der Waals surface area contributed by atoms with E-state index >= 15 is 0 Å². The zero-order valence-electron chi connectivity index (χ0n) is 17.6. The smallest absolute Gasteiger partial charge is 0.338 e. The van der Waals surface area contributed by atoms with Crippen molar-refractivity contribution in [1.82, 2.24) is 4.57 Å². The Bertz CT molecular complexity index is 1400. The number of ether oxygens (including phenoxy) is 1. The Labute approximate surface area is 188 Å². The second kappa shape index (κ2) is 9.28. The van der Waals surface area contributed by atoms with Crippen LogP contribution in [0.5, 0.6) is 0 Å². The fourth-order valence-corrected chi connectivity index (χ4v) is 4.56. The fraction of sp³-hybridized carbons (Fsp3) is 0.160. The van der Waals surface area contributed by atoms with Crippen molar-refractivity contribution in [3.63, 3.8) is 0 Å². The third kappa shape index (κ3) is 4.24. The van der Waals surface area contributed by atoms with Crippen LogP contribution in [0.1, 0.15) is 31.0 Å². The van der Waals surface area contributed by atoms with E-state index in [1.807, 2.05) is 36.4 Å². The van der Waals surface area contributed by atoms with Crippen molar-refractivity contribution in [1.29, 1.82) is 0 Å². The van der Waals surface area contributed by atoms with Crippen molar-refractivity contribution in [3.05, 3.63) is 109 Å². The zero-order chi connectivity index (χ0) is 22.7. The highest BCUT2D eigenvalue weighted by Gasteiger charge is 2.30. The lowest BCUT2D eigenvalue weighted by Crippen LogP contribution is -2.38. The minimum atomic E-state index is -0.687. The van der Waals surface area contributed by atoms with Crippen LogP contribution in [0, 0.1) is 5.82 Å². The van der Waals surface area contributed by atoms with Crippen molar-refractivity contribution in [3.8, 4) is 0 Å². The molecule has 7 heteroatoms. The van der Waals surface area contributed by atoms with E-state index in [4.69, 9.17) is 4.74 Å². The monoisotopic (exact) mass is 448 g/mol. The summed E-state index contributed by atoms with van der Waals surface area (Å²) >= 11 is 1.16. The molecule has 2 heterocycles. The Balaban J connectivity index is 1.89. The van der Waals surface area contributed by atoms with Crippen LogP contribution in [0.25, 0.3) is 12.2 Å². The van der Waals surface area contributed by atoms with Crippen molar-refractivity contribution in [2.45, 2.75) is 19.9 Å². The summed E-state index contributed by atoms with van der Waals surface area (Å²) in [5.74, 6) is -0.929. The number of aromatic nitrogens is 1. The second-order valence-electron chi connectivity index (χ2n) is 7.14. The zero-order valence-corrected chi connectivity index (χ0v) is 18.4. The molecule has 32 heavy (non-hydrogen) atoms. The van der Waals surface area contributed by atoms with Gasteiger partial charge < -0.3 is 4.74 Å². The van der Waals surface area contributed by atoms with Crippen molar-refractivity contribution < 1.29 is 13.9 Å². The standard InChI is InChI=1S/C25H21FN2O3S/c1-3-31-24(30)22-16(2)27-25-28(20(22)14-13-17-9-5-4-6-10-17)23(29)21(32-25)15-18-11-7-8-12-19(18)26/h4-15,20H,3H2,1-2H3/b14-13+,21-15-. The molecule has 0 aliphatic carbocycles. The number of fused-ring (bicyclic) bond motifs is 1. The average molecular weight is 449 g/mol. The predicted molar refractivity (Wildman–Crippen MR) is 123 cm³/mol. The van der Waals surface area contributed by atoms with Crippen molar-refractivity contribution in [2.24, 2.45) is 4.99 Å². The molecule has 1 aliphatic heterocycles. The van der Waals surface area contributed by atoms with Gasteiger partial charge >= 0.3 is 5.97 Å². The molecule has 1 aromatic heterocycles. The highest BCUT2D eigenvalue weighted by molar-refractivity contribution is 7.07. The van der Waals surface area contributed by atoms with Gasteiger partial charge in [-0.25, -0.2) is 14.2 Å². The predicted octanol–water partition coefficient (Wildman–Crippen LogP) is 3.60. The molecule has 0 saturated carbocycles. The molecule has 0 N–H and O–H groups in total. The lowest BCUT2D eigenvalue weighted by atomic mass is 10.0. The number of carbonyl (C=O) groups excluding carboxylic acids is 1. The van der Waals surface area contributed by atoms with Gasteiger partial charge in [-0.3, -0.25) is 9.36 Å². The van der Waals surface area contributed by atoms with E-state index in [-0.39, 0.29) is 12.2 Å². The maximum absolute atomic E-state index is 14.2.